The average Bonchev–Trinajstić information content (AvgIpc) is 3.03. The van der Waals surface area contributed by atoms with Crippen molar-refractivity contribution in [2.24, 2.45) is 5.92 Å². The largest absolute Gasteiger partial charge is 0.459 e. The van der Waals surface area contributed by atoms with E-state index < -0.39 is 28.1 Å². The van der Waals surface area contributed by atoms with Gasteiger partial charge in [-0.05, 0) is 75.6 Å². The molecular weight excluding hydrogens is 608 g/mol. The summed E-state index contributed by atoms with van der Waals surface area (Å²) in [7, 11) is -0.150. The summed E-state index contributed by atoms with van der Waals surface area (Å²) < 4.78 is 40.2. The molecule has 2 aliphatic heterocycles. The molecular formula is C34H50N4O7S. The van der Waals surface area contributed by atoms with Crippen molar-refractivity contribution in [1.82, 2.24) is 19.4 Å². The van der Waals surface area contributed by atoms with E-state index in [0.29, 0.717) is 19.6 Å². The van der Waals surface area contributed by atoms with Crippen LogP contribution in [0.25, 0.3) is 0 Å². The number of sulfonamides is 1. The molecule has 2 N–H and O–H groups in total. The van der Waals surface area contributed by atoms with E-state index in [9.17, 15) is 23.1 Å². The molecule has 0 spiro atoms. The number of aliphatic hydroxyl groups excluding tert-OH is 1. The fourth-order valence-electron chi connectivity index (χ4n) is 5.98. The first-order chi connectivity index (χ1) is 21.9. The van der Waals surface area contributed by atoms with Crippen LogP contribution in [0.15, 0.2) is 59.5 Å². The number of benzene rings is 2. The Hall–Kier alpha value is -2.87. The standard InChI is InChI=1S/C34H50N4O7S/c1-25(2)21-38(46(42,43)29-15-13-27(14-16-29)34(41)45-24-28-22-36(3)18-19-44-28)23-32(39)30(20-26-10-6-5-7-11-26)35-33(40)31-12-8-9-17-37(31)4/h5-7,10-11,13-16,25,28,30-32,39H,8-9,12,17-24H2,1-4H3,(H,35,40)/t28-,30+,31-,32-/m1/s1. The molecule has 0 bridgehead atoms. The molecule has 11 nitrogen and oxygen atoms in total. The normalized spacial score (nSPS) is 21.2. The number of likely N-dealkylation sites (N-methyl/N-ethyl adjacent to an activating group) is 2. The van der Waals surface area contributed by atoms with E-state index in [1.807, 2.05) is 63.2 Å². The highest BCUT2D eigenvalue weighted by molar-refractivity contribution is 7.89. The Kier molecular flexibility index (Phi) is 13.1. The van der Waals surface area contributed by atoms with Crippen molar-refractivity contribution in [3.8, 4) is 0 Å². The van der Waals surface area contributed by atoms with Crippen molar-refractivity contribution in [1.29, 1.82) is 0 Å². The summed E-state index contributed by atoms with van der Waals surface area (Å²) in [6.07, 6.45) is 1.68. The number of hydrogen-bond donors (Lipinski definition) is 2. The zero-order valence-electron chi connectivity index (χ0n) is 27.5. The molecule has 4 rings (SSSR count). The van der Waals surface area contributed by atoms with Crippen LogP contribution in [0.4, 0.5) is 0 Å². The van der Waals surface area contributed by atoms with Crippen LogP contribution in [0.5, 0.6) is 0 Å². The fourth-order valence-corrected chi connectivity index (χ4v) is 7.60. The second-order valence-electron chi connectivity index (χ2n) is 13.0. The average molecular weight is 659 g/mol. The number of esters is 1. The number of amides is 1. The maximum Gasteiger partial charge on any atom is 0.338 e. The number of likely N-dealkylation sites (tertiary alicyclic amines) is 1. The summed E-state index contributed by atoms with van der Waals surface area (Å²) in [5.74, 6) is -0.751. The van der Waals surface area contributed by atoms with E-state index in [2.05, 4.69) is 10.2 Å². The van der Waals surface area contributed by atoms with Gasteiger partial charge in [-0.15, -0.1) is 0 Å². The second kappa shape index (κ2) is 16.8. The van der Waals surface area contributed by atoms with E-state index in [0.717, 1.165) is 37.9 Å². The Balaban J connectivity index is 1.47. The van der Waals surface area contributed by atoms with E-state index in [1.165, 1.54) is 28.6 Å². The maximum atomic E-state index is 13.9. The summed E-state index contributed by atoms with van der Waals surface area (Å²) in [4.78, 5) is 30.2. The lowest BCUT2D eigenvalue weighted by atomic mass is 9.98. The highest BCUT2D eigenvalue weighted by atomic mass is 32.2. The van der Waals surface area contributed by atoms with Crippen molar-refractivity contribution < 1.29 is 32.6 Å². The number of morpholine rings is 1. The number of carbonyl (C=O) groups is 2. The summed E-state index contributed by atoms with van der Waals surface area (Å²) in [6, 6.07) is 14.2. The molecule has 4 atom stereocenters. The quantitative estimate of drug-likeness (QED) is 0.294. The first-order valence-electron chi connectivity index (χ1n) is 16.2. The zero-order valence-corrected chi connectivity index (χ0v) is 28.3. The van der Waals surface area contributed by atoms with E-state index >= 15 is 0 Å². The van der Waals surface area contributed by atoms with Crippen LogP contribution >= 0.6 is 0 Å². The van der Waals surface area contributed by atoms with Gasteiger partial charge in [0.05, 0.1) is 35.3 Å². The van der Waals surface area contributed by atoms with Gasteiger partial charge < -0.3 is 24.8 Å². The van der Waals surface area contributed by atoms with Crippen LogP contribution < -0.4 is 5.32 Å². The smallest absolute Gasteiger partial charge is 0.338 e. The Morgan fingerprint density at radius 2 is 1.76 bits per heavy atom. The zero-order chi connectivity index (χ0) is 33.3. The number of carbonyl (C=O) groups excluding carboxylic acids is 2. The minimum atomic E-state index is -4.06. The number of nitrogens with one attached hydrogen (secondary N) is 1. The molecule has 1 amide bonds. The molecule has 2 aromatic carbocycles. The third kappa shape index (κ3) is 10.1. The number of aliphatic hydroxyl groups is 1. The van der Waals surface area contributed by atoms with E-state index in [-0.39, 0.29) is 54.1 Å². The molecule has 2 saturated heterocycles. The number of rotatable bonds is 14. The monoisotopic (exact) mass is 658 g/mol. The Morgan fingerprint density at radius 3 is 2.41 bits per heavy atom. The SMILES string of the molecule is CC(C)CN(C[C@@H](O)[C@H](Cc1ccccc1)NC(=O)[C@H]1CCCCN1C)S(=O)(=O)c1ccc(C(=O)OC[C@H]2CN(C)CCO2)cc1. The lowest BCUT2D eigenvalue weighted by Gasteiger charge is -2.35. The Bertz CT molecular complexity index is 1370. The summed E-state index contributed by atoms with van der Waals surface area (Å²) >= 11 is 0. The van der Waals surface area contributed by atoms with Gasteiger partial charge in [0, 0.05) is 26.2 Å². The summed E-state index contributed by atoms with van der Waals surface area (Å²) in [5, 5.41) is 14.6. The lowest BCUT2D eigenvalue weighted by molar-refractivity contribution is -0.128. The van der Waals surface area contributed by atoms with Gasteiger partial charge in [-0.25, -0.2) is 13.2 Å². The molecule has 12 heteroatoms. The molecule has 0 unspecified atom stereocenters. The van der Waals surface area contributed by atoms with Crippen molar-refractivity contribution in [3.63, 3.8) is 0 Å². The molecule has 0 radical (unpaired) electrons. The topological polar surface area (TPSA) is 129 Å². The van der Waals surface area contributed by atoms with Crippen LogP contribution in [-0.2, 0) is 30.7 Å². The number of hydrogen-bond acceptors (Lipinski definition) is 9. The van der Waals surface area contributed by atoms with Crippen LogP contribution in [0.2, 0.25) is 0 Å². The number of piperidine rings is 1. The first-order valence-corrected chi connectivity index (χ1v) is 17.7. The van der Waals surface area contributed by atoms with Crippen molar-refractivity contribution in [2.75, 3.05) is 60.0 Å². The first kappa shape index (κ1) is 36.0. The highest BCUT2D eigenvalue weighted by Gasteiger charge is 2.34. The maximum absolute atomic E-state index is 13.9. The van der Waals surface area contributed by atoms with Crippen molar-refractivity contribution in [2.45, 2.75) is 68.7 Å². The van der Waals surface area contributed by atoms with Gasteiger partial charge in [0.25, 0.3) is 0 Å². The molecule has 0 saturated carbocycles. The second-order valence-corrected chi connectivity index (χ2v) is 14.9. The number of ether oxygens (including phenoxy) is 2. The molecule has 254 valence electrons. The van der Waals surface area contributed by atoms with Crippen molar-refractivity contribution in [3.05, 3.63) is 65.7 Å². The third-order valence-electron chi connectivity index (χ3n) is 8.59. The van der Waals surface area contributed by atoms with Crippen LogP contribution in [0.3, 0.4) is 0 Å². The summed E-state index contributed by atoms with van der Waals surface area (Å²) in [5.41, 5.74) is 1.16. The van der Waals surface area contributed by atoms with E-state index in [1.54, 1.807) is 0 Å². The van der Waals surface area contributed by atoms with Gasteiger partial charge in [-0.2, -0.15) is 4.31 Å². The molecule has 2 aliphatic rings. The minimum Gasteiger partial charge on any atom is -0.459 e. The van der Waals surface area contributed by atoms with Crippen molar-refractivity contribution >= 4 is 21.9 Å². The Labute approximate surface area is 273 Å². The lowest BCUT2D eigenvalue weighted by Crippen LogP contribution is -2.55. The van der Waals surface area contributed by atoms with Gasteiger partial charge in [-0.3, -0.25) is 9.69 Å². The van der Waals surface area contributed by atoms with Crippen LogP contribution in [-0.4, -0.2) is 124 Å². The molecule has 46 heavy (non-hydrogen) atoms. The van der Waals surface area contributed by atoms with Gasteiger partial charge >= 0.3 is 5.97 Å². The van der Waals surface area contributed by atoms with Gasteiger partial charge in [0.15, 0.2) is 0 Å². The van der Waals surface area contributed by atoms with Crippen LogP contribution in [0, 0.1) is 5.92 Å². The minimum absolute atomic E-state index is 0.00149. The van der Waals surface area contributed by atoms with Crippen LogP contribution in [0.1, 0.15) is 49.0 Å². The van der Waals surface area contributed by atoms with Gasteiger partial charge in [0.2, 0.25) is 15.9 Å². The molecule has 0 aliphatic carbocycles. The fraction of sp³-hybridized carbons (Fsp3) is 0.588. The summed E-state index contributed by atoms with van der Waals surface area (Å²) in [6.45, 7) is 6.77. The Morgan fingerprint density at radius 1 is 1.04 bits per heavy atom. The highest BCUT2D eigenvalue weighted by Crippen LogP contribution is 2.21. The third-order valence-corrected chi connectivity index (χ3v) is 10.4. The molecule has 0 aromatic heterocycles. The predicted octanol–water partition coefficient (Wildman–Crippen LogP) is 2.39. The van der Waals surface area contributed by atoms with E-state index in [4.69, 9.17) is 9.47 Å². The van der Waals surface area contributed by atoms with Gasteiger partial charge in [-0.1, -0.05) is 50.6 Å². The molecule has 2 heterocycles. The predicted molar refractivity (Wildman–Crippen MR) is 176 cm³/mol. The van der Waals surface area contributed by atoms with Gasteiger partial charge in [0.1, 0.15) is 12.7 Å². The molecule has 2 aromatic rings. The molecule has 2 fully saturated rings. The number of nitrogens with zero attached hydrogens (tertiary/aromatic N) is 3.